The van der Waals surface area contributed by atoms with Crippen LogP contribution in [-0.4, -0.2) is 25.0 Å². The molecule has 0 atom stereocenters. The highest BCUT2D eigenvalue weighted by Crippen LogP contribution is 2.17. The standard InChI is InChI=1S/C14H26N2S/c1-4-6-10-16(3)12-14-8-7-13(17-14)11-15-9-5-2/h7-8,15H,4-6,9-12H2,1-3H3. The van der Waals surface area contributed by atoms with Crippen LogP contribution in [0.15, 0.2) is 12.1 Å². The Hall–Kier alpha value is -0.380. The Morgan fingerprint density at radius 2 is 1.94 bits per heavy atom. The zero-order valence-corrected chi connectivity index (χ0v) is 12.3. The van der Waals surface area contributed by atoms with Crippen molar-refractivity contribution in [2.45, 2.75) is 46.2 Å². The molecule has 1 rings (SSSR count). The Labute approximate surface area is 110 Å². The highest BCUT2D eigenvalue weighted by atomic mass is 32.1. The predicted octanol–water partition coefficient (Wildman–Crippen LogP) is 3.48. The summed E-state index contributed by atoms with van der Waals surface area (Å²) in [4.78, 5) is 5.35. The van der Waals surface area contributed by atoms with Crippen molar-refractivity contribution in [3.8, 4) is 0 Å². The van der Waals surface area contributed by atoms with Crippen LogP contribution in [-0.2, 0) is 13.1 Å². The van der Waals surface area contributed by atoms with E-state index in [0.717, 1.165) is 19.6 Å². The second kappa shape index (κ2) is 8.67. The first-order chi connectivity index (χ1) is 8.26. The molecule has 0 saturated heterocycles. The summed E-state index contributed by atoms with van der Waals surface area (Å²) in [6.45, 7) is 8.89. The fraction of sp³-hybridized carbons (Fsp3) is 0.714. The number of nitrogens with one attached hydrogen (secondary N) is 1. The second-order valence-corrected chi connectivity index (χ2v) is 5.89. The Bertz CT molecular complexity index is 296. The first-order valence-electron chi connectivity index (χ1n) is 6.73. The number of thiophene rings is 1. The molecule has 0 aliphatic carbocycles. The molecule has 0 fully saturated rings. The second-order valence-electron chi connectivity index (χ2n) is 4.64. The van der Waals surface area contributed by atoms with Crippen molar-refractivity contribution in [2.24, 2.45) is 0 Å². The normalized spacial score (nSPS) is 11.3. The molecule has 2 nitrogen and oxygen atoms in total. The zero-order chi connectivity index (χ0) is 12.5. The number of unbranched alkanes of at least 4 members (excludes halogenated alkanes) is 1. The summed E-state index contributed by atoms with van der Waals surface area (Å²) in [6.07, 6.45) is 3.78. The van der Waals surface area contributed by atoms with Crippen molar-refractivity contribution in [3.63, 3.8) is 0 Å². The highest BCUT2D eigenvalue weighted by Gasteiger charge is 2.03. The van der Waals surface area contributed by atoms with Crippen molar-refractivity contribution in [2.75, 3.05) is 20.1 Å². The summed E-state index contributed by atoms with van der Waals surface area (Å²) >= 11 is 1.94. The summed E-state index contributed by atoms with van der Waals surface area (Å²) in [5, 5.41) is 3.45. The fourth-order valence-corrected chi connectivity index (χ4v) is 2.83. The lowest BCUT2D eigenvalue weighted by Gasteiger charge is -2.14. The summed E-state index contributed by atoms with van der Waals surface area (Å²) in [5.41, 5.74) is 0. The third kappa shape index (κ3) is 6.20. The van der Waals surface area contributed by atoms with Crippen LogP contribution in [0.1, 0.15) is 42.9 Å². The molecule has 0 radical (unpaired) electrons. The van der Waals surface area contributed by atoms with Crippen LogP contribution in [0.3, 0.4) is 0 Å². The Balaban J connectivity index is 2.29. The number of rotatable bonds is 9. The molecule has 0 aliphatic rings. The minimum absolute atomic E-state index is 1.02. The monoisotopic (exact) mass is 254 g/mol. The van der Waals surface area contributed by atoms with Crippen LogP contribution in [0.4, 0.5) is 0 Å². The third-order valence-corrected chi connectivity index (χ3v) is 3.83. The summed E-state index contributed by atoms with van der Waals surface area (Å²) in [7, 11) is 2.21. The lowest BCUT2D eigenvalue weighted by molar-refractivity contribution is 0.323. The molecule has 0 aliphatic heterocycles. The predicted molar refractivity (Wildman–Crippen MR) is 77.6 cm³/mol. The van der Waals surface area contributed by atoms with E-state index in [2.05, 4.69) is 43.2 Å². The molecular formula is C14H26N2S. The van der Waals surface area contributed by atoms with Crippen LogP contribution in [0.25, 0.3) is 0 Å². The van der Waals surface area contributed by atoms with E-state index >= 15 is 0 Å². The number of nitrogens with zero attached hydrogens (tertiary/aromatic N) is 1. The molecule has 0 amide bonds. The van der Waals surface area contributed by atoms with Crippen molar-refractivity contribution in [3.05, 3.63) is 21.9 Å². The van der Waals surface area contributed by atoms with E-state index in [1.54, 1.807) is 0 Å². The van der Waals surface area contributed by atoms with E-state index in [0.29, 0.717) is 0 Å². The van der Waals surface area contributed by atoms with Gasteiger partial charge in [-0.1, -0.05) is 20.3 Å². The van der Waals surface area contributed by atoms with Crippen LogP contribution in [0.5, 0.6) is 0 Å². The van der Waals surface area contributed by atoms with E-state index in [1.807, 2.05) is 11.3 Å². The molecule has 1 N–H and O–H groups in total. The molecule has 0 aromatic carbocycles. The average molecular weight is 254 g/mol. The van der Waals surface area contributed by atoms with E-state index in [9.17, 15) is 0 Å². The van der Waals surface area contributed by atoms with Gasteiger partial charge in [-0.15, -0.1) is 11.3 Å². The molecule has 0 saturated carbocycles. The highest BCUT2D eigenvalue weighted by molar-refractivity contribution is 7.11. The first-order valence-corrected chi connectivity index (χ1v) is 7.54. The van der Waals surface area contributed by atoms with Gasteiger partial charge < -0.3 is 10.2 Å². The fourth-order valence-electron chi connectivity index (χ4n) is 1.76. The van der Waals surface area contributed by atoms with Crippen molar-refractivity contribution < 1.29 is 0 Å². The van der Waals surface area contributed by atoms with Gasteiger partial charge in [-0.05, 0) is 45.1 Å². The molecule has 98 valence electrons. The Kier molecular flexibility index (Phi) is 7.49. The smallest absolute Gasteiger partial charge is 0.0324 e. The molecule has 1 heterocycles. The zero-order valence-electron chi connectivity index (χ0n) is 11.5. The van der Waals surface area contributed by atoms with E-state index in [-0.39, 0.29) is 0 Å². The van der Waals surface area contributed by atoms with Crippen LogP contribution >= 0.6 is 11.3 Å². The van der Waals surface area contributed by atoms with Gasteiger partial charge in [0.1, 0.15) is 0 Å². The van der Waals surface area contributed by atoms with Gasteiger partial charge >= 0.3 is 0 Å². The van der Waals surface area contributed by atoms with Crippen LogP contribution < -0.4 is 5.32 Å². The quantitative estimate of drug-likeness (QED) is 0.679. The maximum absolute atomic E-state index is 3.45. The molecule has 0 spiro atoms. The Morgan fingerprint density at radius 3 is 2.65 bits per heavy atom. The van der Waals surface area contributed by atoms with Gasteiger partial charge in [0.05, 0.1) is 0 Å². The summed E-state index contributed by atoms with van der Waals surface area (Å²) in [5.74, 6) is 0. The lowest BCUT2D eigenvalue weighted by atomic mass is 10.3. The molecule has 3 heteroatoms. The molecule has 1 aromatic heterocycles. The SMILES string of the molecule is CCCCN(C)Cc1ccc(CNCCC)s1. The number of hydrogen-bond donors (Lipinski definition) is 1. The van der Waals surface area contributed by atoms with Gasteiger partial charge in [0.25, 0.3) is 0 Å². The van der Waals surface area contributed by atoms with E-state index < -0.39 is 0 Å². The summed E-state index contributed by atoms with van der Waals surface area (Å²) in [6, 6.07) is 4.53. The van der Waals surface area contributed by atoms with E-state index in [4.69, 9.17) is 0 Å². The average Bonchev–Trinajstić information content (AvgIpc) is 2.74. The first kappa shape index (κ1) is 14.7. The van der Waals surface area contributed by atoms with Crippen molar-refractivity contribution >= 4 is 11.3 Å². The number of hydrogen-bond acceptors (Lipinski definition) is 3. The van der Waals surface area contributed by atoms with Gasteiger partial charge in [-0.2, -0.15) is 0 Å². The van der Waals surface area contributed by atoms with Crippen LogP contribution in [0.2, 0.25) is 0 Å². The molecule has 0 bridgehead atoms. The largest absolute Gasteiger partial charge is 0.312 e. The molecule has 0 unspecified atom stereocenters. The van der Waals surface area contributed by atoms with Gasteiger partial charge in [0.2, 0.25) is 0 Å². The molecular weight excluding hydrogens is 228 g/mol. The van der Waals surface area contributed by atoms with Crippen LogP contribution in [0, 0.1) is 0 Å². The lowest BCUT2D eigenvalue weighted by Crippen LogP contribution is -2.18. The Morgan fingerprint density at radius 1 is 1.18 bits per heavy atom. The van der Waals surface area contributed by atoms with Gasteiger partial charge in [-0.3, -0.25) is 0 Å². The maximum Gasteiger partial charge on any atom is 0.0324 e. The molecule has 17 heavy (non-hydrogen) atoms. The van der Waals surface area contributed by atoms with Gasteiger partial charge in [0.15, 0.2) is 0 Å². The minimum atomic E-state index is 1.02. The minimum Gasteiger partial charge on any atom is -0.312 e. The maximum atomic E-state index is 3.45. The topological polar surface area (TPSA) is 15.3 Å². The third-order valence-electron chi connectivity index (χ3n) is 2.76. The summed E-state index contributed by atoms with van der Waals surface area (Å²) < 4.78 is 0. The van der Waals surface area contributed by atoms with Gasteiger partial charge in [-0.25, -0.2) is 0 Å². The van der Waals surface area contributed by atoms with Crippen molar-refractivity contribution in [1.29, 1.82) is 0 Å². The van der Waals surface area contributed by atoms with Crippen molar-refractivity contribution in [1.82, 2.24) is 10.2 Å². The van der Waals surface area contributed by atoms with Gasteiger partial charge in [0, 0.05) is 22.8 Å². The molecule has 1 aromatic rings. The van der Waals surface area contributed by atoms with E-state index in [1.165, 1.54) is 35.6 Å².